The van der Waals surface area contributed by atoms with Gasteiger partial charge in [0.25, 0.3) is 0 Å². The Labute approximate surface area is 38.0 Å². The summed E-state index contributed by atoms with van der Waals surface area (Å²) in [5, 5.41) is 0. The summed E-state index contributed by atoms with van der Waals surface area (Å²) in [4.78, 5) is 0. The van der Waals surface area contributed by atoms with E-state index in [0.717, 1.165) is 8.00 Å². The summed E-state index contributed by atoms with van der Waals surface area (Å²) < 4.78 is 8.07. The molecule has 0 aromatic rings. The quantitative estimate of drug-likeness (QED) is 0.467. The standard InChI is InChI=1S/ClH.Nb.H2O.H3Si/h1H;;1H2;1H3/q;+2;;/p-2. The summed E-state index contributed by atoms with van der Waals surface area (Å²) in [6.07, 6.45) is 0. The summed E-state index contributed by atoms with van der Waals surface area (Å²) >= 11 is -1.84. The van der Waals surface area contributed by atoms with Gasteiger partial charge in [-0.05, 0) is 0 Å². The molecule has 0 aliphatic carbocycles. The van der Waals surface area contributed by atoms with Crippen LogP contribution in [0.25, 0.3) is 0 Å². The fourth-order valence-corrected chi connectivity index (χ4v) is 0. The van der Waals surface area contributed by atoms with E-state index in [1.165, 1.54) is 0 Å². The van der Waals surface area contributed by atoms with E-state index in [1.807, 2.05) is 0 Å². The molecule has 0 amide bonds. The zero-order chi connectivity index (χ0) is 3.58. The second-order valence-electron chi connectivity index (χ2n) is 0.445. The molecule has 0 aromatic carbocycles. The number of hydrogen-bond acceptors (Lipinski definition) is 1. The van der Waals surface area contributed by atoms with Gasteiger partial charge in [0.05, 0.1) is 0 Å². The first kappa shape index (κ1) is 5.21. The van der Waals surface area contributed by atoms with E-state index in [1.54, 1.807) is 0 Å². The first-order chi connectivity index (χ1) is 1.73. The van der Waals surface area contributed by atoms with E-state index in [2.05, 4.69) is 0 Å². The second kappa shape index (κ2) is 2.44. The SMILES string of the molecule is [OH][Nb]([SiH3])[Cl]. The van der Waals surface area contributed by atoms with Crippen LogP contribution in [0.1, 0.15) is 0 Å². The van der Waals surface area contributed by atoms with Crippen molar-refractivity contribution in [2.45, 2.75) is 0 Å². The molecule has 1 nitrogen and oxygen atoms in total. The van der Waals surface area contributed by atoms with Crippen LogP contribution in [0, 0.1) is 0 Å². The Balaban J connectivity index is 2.32. The predicted molar refractivity (Wildman–Crippen MR) is 18.0 cm³/mol. The molecule has 0 heterocycles. The topological polar surface area (TPSA) is 20.2 Å². The maximum absolute atomic E-state index is 8.07. The van der Waals surface area contributed by atoms with Crippen LogP contribution >= 0.6 is 9.19 Å². The fraction of sp³-hybridized carbons (Fsp3) is 0. The zero-order valence-corrected chi connectivity index (χ0v) is 7.23. The summed E-state index contributed by atoms with van der Waals surface area (Å²) in [7, 11) is 5.93. The molecule has 0 fully saturated rings. The normalized spacial score (nSPS) is 9.75. The van der Waals surface area contributed by atoms with Gasteiger partial charge in [0.15, 0.2) is 0 Å². The van der Waals surface area contributed by atoms with E-state index < -0.39 is 17.0 Å². The van der Waals surface area contributed by atoms with Crippen molar-refractivity contribution in [2.75, 3.05) is 0 Å². The van der Waals surface area contributed by atoms with Gasteiger partial charge in [-0.1, -0.05) is 0 Å². The number of hydrogen-bond donors (Lipinski definition) is 1. The van der Waals surface area contributed by atoms with Gasteiger partial charge >= 0.3 is 37.8 Å². The molecule has 0 saturated heterocycles. The Morgan fingerprint density at radius 1 is 2.00 bits per heavy atom. The van der Waals surface area contributed by atoms with Gasteiger partial charge in [0.1, 0.15) is 0 Å². The van der Waals surface area contributed by atoms with E-state index in [-0.39, 0.29) is 0 Å². The molecule has 0 atom stereocenters. The molecule has 0 spiro atoms. The van der Waals surface area contributed by atoms with Crippen LogP contribution in [0.4, 0.5) is 0 Å². The van der Waals surface area contributed by atoms with E-state index in [9.17, 15) is 0 Å². The molecule has 0 aliphatic rings. The number of rotatable bonds is 0. The molecule has 4 heavy (non-hydrogen) atoms. The zero-order valence-electron chi connectivity index (χ0n) is 2.27. The molecular formula is H4ClNbOSi. The van der Waals surface area contributed by atoms with Crippen LogP contribution in [0.3, 0.4) is 0 Å². The first-order valence-corrected chi connectivity index (χ1v) is 12.1. The Kier molecular flexibility index (Phi) is 3.18. The van der Waals surface area contributed by atoms with Crippen molar-refractivity contribution in [1.82, 2.24) is 0 Å². The Hall–Kier alpha value is 1.21. The van der Waals surface area contributed by atoms with Gasteiger partial charge in [-0.25, -0.2) is 0 Å². The van der Waals surface area contributed by atoms with Crippen LogP contribution in [-0.2, 0) is 17.0 Å². The van der Waals surface area contributed by atoms with Crippen LogP contribution in [-0.4, -0.2) is 11.6 Å². The number of halogens is 1. The molecule has 0 radical (unpaired) electrons. The second-order valence-corrected chi connectivity index (χ2v) is 13.9. The van der Waals surface area contributed by atoms with Crippen molar-refractivity contribution in [3.05, 3.63) is 0 Å². The summed E-state index contributed by atoms with van der Waals surface area (Å²) in [6, 6.07) is 0. The minimum absolute atomic E-state index is 0.853. The van der Waals surface area contributed by atoms with Crippen molar-refractivity contribution in [1.29, 1.82) is 0 Å². The van der Waals surface area contributed by atoms with Crippen LogP contribution in [0.2, 0.25) is 0 Å². The van der Waals surface area contributed by atoms with Gasteiger partial charge in [0.2, 0.25) is 0 Å². The summed E-state index contributed by atoms with van der Waals surface area (Å²) in [6.45, 7) is 0. The third-order valence-electron chi connectivity index (χ3n) is 0. The Morgan fingerprint density at radius 3 is 2.00 bits per heavy atom. The molecule has 0 aromatic heterocycles. The minimum atomic E-state index is -1.84. The predicted octanol–water partition coefficient (Wildman–Crippen LogP) is -1.05. The molecule has 0 bridgehead atoms. The Bertz CT molecular complexity index is 12.8. The molecule has 0 rings (SSSR count). The average Bonchev–Trinajstić information content (AvgIpc) is 0.811. The van der Waals surface area contributed by atoms with Crippen LogP contribution < -0.4 is 0 Å². The average molecular weight is 176 g/mol. The van der Waals surface area contributed by atoms with Crippen molar-refractivity contribution in [3.8, 4) is 0 Å². The van der Waals surface area contributed by atoms with Crippen molar-refractivity contribution >= 4 is 17.2 Å². The third-order valence-corrected chi connectivity index (χ3v) is 0. The molecule has 0 aliphatic heterocycles. The van der Waals surface area contributed by atoms with Gasteiger partial charge in [-0.2, -0.15) is 0 Å². The first-order valence-electron chi connectivity index (χ1n) is 0.816. The molecule has 26 valence electrons. The van der Waals surface area contributed by atoms with Crippen molar-refractivity contribution in [2.24, 2.45) is 0 Å². The van der Waals surface area contributed by atoms with Crippen molar-refractivity contribution < 1.29 is 20.6 Å². The van der Waals surface area contributed by atoms with E-state index in [4.69, 9.17) is 12.8 Å². The fourth-order valence-electron chi connectivity index (χ4n) is 0. The Morgan fingerprint density at radius 2 is 2.00 bits per heavy atom. The molecule has 4 heteroatoms. The van der Waals surface area contributed by atoms with Gasteiger partial charge in [-0.3, -0.25) is 0 Å². The van der Waals surface area contributed by atoms with Crippen LogP contribution in [0.15, 0.2) is 0 Å². The van der Waals surface area contributed by atoms with Crippen molar-refractivity contribution in [3.63, 3.8) is 0 Å². The summed E-state index contributed by atoms with van der Waals surface area (Å²) in [5.41, 5.74) is 0. The van der Waals surface area contributed by atoms with Gasteiger partial charge in [-0.15, -0.1) is 0 Å². The van der Waals surface area contributed by atoms with E-state index in [0.29, 0.717) is 0 Å². The van der Waals surface area contributed by atoms with E-state index >= 15 is 0 Å². The molecule has 0 saturated carbocycles. The van der Waals surface area contributed by atoms with Gasteiger partial charge < -0.3 is 0 Å². The van der Waals surface area contributed by atoms with Gasteiger partial charge in [0, 0.05) is 0 Å². The third kappa shape index (κ3) is 10.7. The maximum atomic E-state index is 8.07. The molecule has 0 unspecified atom stereocenters. The van der Waals surface area contributed by atoms with Crippen LogP contribution in [0.5, 0.6) is 0 Å². The molecular weight excluding hydrogens is 172 g/mol. The monoisotopic (exact) mass is 176 g/mol. The summed E-state index contributed by atoms with van der Waals surface area (Å²) in [5.74, 6) is 0. The molecule has 1 N–H and O–H groups in total.